The molecule has 2 heterocycles. The molecular weight excluding hydrogens is 361 g/mol. The fraction of sp³-hybridized carbons (Fsp3) is 0.100. The molecule has 6 heteroatoms. The molecule has 1 unspecified atom stereocenters. The molecule has 1 atom stereocenters. The Morgan fingerprint density at radius 3 is 2.75 bits per heavy atom. The summed E-state index contributed by atoms with van der Waals surface area (Å²) >= 11 is 8.01. The number of halogens is 3. The second kappa shape index (κ2) is 4.91. The van der Waals surface area contributed by atoms with Crippen molar-refractivity contribution in [3.63, 3.8) is 0 Å². The summed E-state index contributed by atoms with van der Waals surface area (Å²) in [7, 11) is 0. The molecule has 2 nitrogen and oxygen atoms in total. The molecule has 1 N–H and O–H groups in total. The van der Waals surface area contributed by atoms with Gasteiger partial charge in [0.25, 0.3) is 0 Å². The van der Waals surface area contributed by atoms with Crippen LogP contribution in [-0.2, 0) is 0 Å². The number of hydrogen-bond donors (Lipinski definition) is 1. The van der Waals surface area contributed by atoms with Gasteiger partial charge in [0.1, 0.15) is 11.9 Å². The molecule has 0 aliphatic rings. The van der Waals surface area contributed by atoms with Crippen molar-refractivity contribution in [2.24, 2.45) is 0 Å². The summed E-state index contributed by atoms with van der Waals surface area (Å²) in [6.45, 7) is 0. The number of aromatic nitrogens is 1. The van der Waals surface area contributed by atoms with Crippen LogP contribution < -0.4 is 0 Å². The molecule has 0 aromatic carbocycles. The Kier molecular flexibility index (Phi) is 3.73. The Morgan fingerprint density at radius 2 is 2.19 bits per heavy atom. The van der Waals surface area contributed by atoms with Gasteiger partial charge in [0.2, 0.25) is 0 Å². The Morgan fingerprint density at radius 1 is 1.44 bits per heavy atom. The van der Waals surface area contributed by atoms with Crippen LogP contribution in [0.15, 0.2) is 32.8 Å². The molecular formula is C10H6Br2FNOS. The quantitative estimate of drug-likeness (QED) is 0.874. The van der Waals surface area contributed by atoms with E-state index in [2.05, 4.69) is 36.8 Å². The second-order valence-corrected chi connectivity index (χ2v) is 6.33. The van der Waals surface area contributed by atoms with E-state index in [1.807, 2.05) is 0 Å². The van der Waals surface area contributed by atoms with E-state index in [1.54, 1.807) is 6.07 Å². The topological polar surface area (TPSA) is 33.1 Å². The Labute approximate surface area is 112 Å². The average Bonchev–Trinajstić information content (AvgIpc) is 2.59. The number of rotatable bonds is 2. The lowest BCUT2D eigenvalue weighted by Gasteiger charge is -2.08. The molecule has 16 heavy (non-hydrogen) atoms. The van der Waals surface area contributed by atoms with Crippen LogP contribution in [0, 0.1) is 5.82 Å². The lowest BCUT2D eigenvalue weighted by atomic mass is 10.1. The van der Waals surface area contributed by atoms with Crippen LogP contribution in [0.4, 0.5) is 4.39 Å². The second-order valence-electron chi connectivity index (χ2n) is 3.07. The van der Waals surface area contributed by atoms with E-state index in [4.69, 9.17) is 0 Å². The van der Waals surface area contributed by atoms with Crippen LogP contribution in [-0.4, -0.2) is 10.1 Å². The number of aliphatic hydroxyl groups excluding tert-OH is 1. The van der Waals surface area contributed by atoms with Crippen LogP contribution in [0.5, 0.6) is 0 Å². The largest absolute Gasteiger partial charge is 0.383 e. The molecule has 0 amide bonds. The summed E-state index contributed by atoms with van der Waals surface area (Å²) in [6.07, 6.45) is 1.59. The van der Waals surface area contributed by atoms with Crippen molar-refractivity contribution >= 4 is 43.2 Å². The molecule has 84 valence electrons. The van der Waals surface area contributed by atoms with E-state index in [-0.39, 0.29) is 5.56 Å². The number of thiophene rings is 1. The van der Waals surface area contributed by atoms with Gasteiger partial charge in [0, 0.05) is 21.1 Å². The van der Waals surface area contributed by atoms with Crippen LogP contribution >= 0.6 is 43.2 Å². The van der Waals surface area contributed by atoms with E-state index >= 15 is 0 Å². The maximum absolute atomic E-state index is 13.4. The first-order valence-corrected chi connectivity index (χ1v) is 6.72. The normalized spacial score (nSPS) is 12.8. The predicted molar refractivity (Wildman–Crippen MR) is 68.0 cm³/mol. The summed E-state index contributed by atoms with van der Waals surface area (Å²) in [5.74, 6) is -0.504. The van der Waals surface area contributed by atoms with Crippen molar-refractivity contribution in [1.82, 2.24) is 4.98 Å². The zero-order valence-corrected chi connectivity index (χ0v) is 11.8. The Hall–Kier alpha value is -0.300. The summed E-state index contributed by atoms with van der Waals surface area (Å²) < 4.78 is 15.1. The van der Waals surface area contributed by atoms with E-state index in [9.17, 15) is 9.50 Å². The van der Waals surface area contributed by atoms with Crippen LogP contribution in [0.25, 0.3) is 0 Å². The highest BCUT2D eigenvalue weighted by molar-refractivity contribution is 9.13. The van der Waals surface area contributed by atoms with E-state index in [0.717, 1.165) is 14.5 Å². The van der Waals surface area contributed by atoms with Crippen molar-refractivity contribution in [2.75, 3.05) is 0 Å². The van der Waals surface area contributed by atoms with Crippen molar-refractivity contribution in [3.05, 3.63) is 49.0 Å². The lowest BCUT2D eigenvalue weighted by molar-refractivity contribution is 0.218. The molecule has 0 aliphatic carbocycles. The fourth-order valence-electron chi connectivity index (χ4n) is 1.26. The zero-order chi connectivity index (χ0) is 11.7. The van der Waals surface area contributed by atoms with Crippen molar-refractivity contribution < 1.29 is 9.50 Å². The van der Waals surface area contributed by atoms with Gasteiger partial charge in [0.15, 0.2) is 0 Å². The fourth-order valence-corrected chi connectivity index (χ4v) is 3.35. The van der Waals surface area contributed by atoms with E-state index in [0.29, 0.717) is 4.88 Å². The van der Waals surface area contributed by atoms with Gasteiger partial charge in [-0.1, -0.05) is 0 Å². The third-order valence-corrected chi connectivity index (χ3v) is 5.34. The molecule has 0 spiro atoms. The van der Waals surface area contributed by atoms with Gasteiger partial charge in [-0.2, -0.15) is 0 Å². The molecule has 2 aromatic heterocycles. The highest BCUT2D eigenvalue weighted by atomic mass is 79.9. The number of hydrogen-bond acceptors (Lipinski definition) is 3. The molecule has 0 fully saturated rings. The van der Waals surface area contributed by atoms with Gasteiger partial charge in [-0.25, -0.2) is 4.39 Å². The molecule has 2 rings (SSSR count). The highest BCUT2D eigenvalue weighted by Crippen LogP contribution is 2.37. The molecule has 2 aromatic rings. The maximum Gasteiger partial charge on any atom is 0.147 e. The van der Waals surface area contributed by atoms with Gasteiger partial charge >= 0.3 is 0 Å². The Balaban J connectivity index is 2.39. The molecule has 0 saturated carbocycles. The smallest absolute Gasteiger partial charge is 0.147 e. The van der Waals surface area contributed by atoms with Crippen LogP contribution in [0.3, 0.4) is 0 Å². The van der Waals surface area contributed by atoms with E-state index < -0.39 is 11.9 Å². The lowest BCUT2D eigenvalue weighted by Crippen LogP contribution is -2.00. The SMILES string of the molecule is OC(c1cc(Br)c(Br)s1)c1ccncc1F. The first-order valence-electron chi connectivity index (χ1n) is 4.32. The van der Waals surface area contributed by atoms with Crippen molar-refractivity contribution in [3.8, 4) is 0 Å². The van der Waals surface area contributed by atoms with E-state index in [1.165, 1.54) is 23.6 Å². The zero-order valence-electron chi connectivity index (χ0n) is 7.82. The van der Waals surface area contributed by atoms with Gasteiger partial charge in [-0.05, 0) is 44.0 Å². The first-order chi connectivity index (χ1) is 7.59. The first kappa shape index (κ1) is 12.2. The third-order valence-electron chi connectivity index (χ3n) is 2.03. The number of aliphatic hydroxyl groups is 1. The van der Waals surface area contributed by atoms with Crippen LogP contribution in [0.2, 0.25) is 0 Å². The summed E-state index contributed by atoms with van der Waals surface area (Å²) in [5, 5.41) is 10.0. The third kappa shape index (κ3) is 2.34. The van der Waals surface area contributed by atoms with Crippen LogP contribution in [0.1, 0.15) is 16.5 Å². The van der Waals surface area contributed by atoms with Crippen molar-refractivity contribution in [1.29, 1.82) is 0 Å². The van der Waals surface area contributed by atoms with Gasteiger partial charge in [0.05, 0.1) is 9.98 Å². The average molecular weight is 367 g/mol. The minimum absolute atomic E-state index is 0.233. The Bertz CT molecular complexity index is 498. The monoisotopic (exact) mass is 365 g/mol. The molecule has 0 saturated heterocycles. The highest BCUT2D eigenvalue weighted by Gasteiger charge is 2.18. The van der Waals surface area contributed by atoms with Gasteiger partial charge < -0.3 is 5.11 Å². The minimum atomic E-state index is -0.962. The molecule has 0 bridgehead atoms. The standard InChI is InChI=1S/C10H6Br2FNOS/c11-6-3-8(16-10(6)12)9(15)5-1-2-14-4-7(5)13/h1-4,9,15H. The summed E-state index contributed by atoms with van der Waals surface area (Å²) in [4.78, 5) is 4.31. The van der Waals surface area contributed by atoms with Gasteiger partial charge in [-0.3, -0.25) is 4.98 Å². The minimum Gasteiger partial charge on any atom is -0.383 e. The van der Waals surface area contributed by atoms with Crippen molar-refractivity contribution in [2.45, 2.75) is 6.10 Å². The summed E-state index contributed by atoms with van der Waals surface area (Å²) in [5.41, 5.74) is 0.233. The van der Waals surface area contributed by atoms with Gasteiger partial charge in [-0.15, -0.1) is 11.3 Å². The number of pyridine rings is 1. The summed E-state index contributed by atoms with van der Waals surface area (Å²) in [6, 6.07) is 3.24. The molecule has 0 aliphatic heterocycles. The predicted octanol–water partition coefficient (Wildman–Crippen LogP) is 3.89. The number of nitrogens with zero attached hydrogens (tertiary/aromatic N) is 1. The molecule has 0 radical (unpaired) electrons. The maximum atomic E-state index is 13.4.